The number of nitrogens with two attached hydrogens (primary N) is 1. The lowest BCUT2D eigenvalue weighted by Crippen LogP contribution is -2.26. The Morgan fingerprint density at radius 3 is 2.61 bits per heavy atom. The zero-order valence-electron chi connectivity index (χ0n) is 14.3. The number of halogens is 3. The number of nitrogens with zero attached hydrogens (tertiary/aromatic N) is 2. The summed E-state index contributed by atoms with van der Waals surface area (Å²) in [4.78, 5) is 25.6. The van der Waals surface area contributed by atoms with Gasteiger partial charge in [-0.15, -0.1) is 5.10 Å². The molecule has 28 heavy (non-hydrogen) atoms. The van der Waals surface area contributed by atoms with Crippen LogP contribution in [0, 0.1) is 11.6 Å². The van der Waals surface area contributed by atoms with E-state index in [1.165, 1.54) is 0 Å². The van der Waals surface area contributed by atoms with E-state index in [-0.39, 0.29) is 16.3 Å². The Labute approximate surface area is 162 Å². The fourth-order valence-electron chi connectivity index (χ4n) is 3.32. The number of benzene rings is 2. The van der Waals surface area contributed by atoms with Crippen molar-refractivity contribution in [3.05, 3.63) is 75.4 Å². The van der Waals surface area contributed by atoms with Crippen molar-refractivity contribution in [1.82, 2.24) is 9.89 Å². The van der Waals surface area contributed by atoms with Crippen molar-refractivity contribution in [2.45, 2.75) is 12.8 Å². The number of aromatic nitrogens is 2. The summed E-state index contributed by atoms with van der Waals surface area (Å²) in [6.07, 6.45) is 1.21. The Morgan fingerprint density at radius 2 is 1.86 bits per heavy atom. The third-order valence-electron chi connectivity index (χ3n) is 4.60. The first kappa shape index (κ1) is 18.1. The minimum Gasteiger partial charge on any atom is -0.364 e. The maximum Gasteiger partial charge on any atom is 0.273 e. The van der Waals surface area contributed by atoms with Crippen LogP contribution in [0.2, 0.25) is 5.02 Å². The van der Waals surface area contributed by atoms with Crippen LogP contribution in [-0.4, -0.2) is 21.7 Å². The Bertz CT molecular complexity index is 1140. The lowest BCUT2D eigenvalue weighted by atomic mass is 9.89. The largest absolute Gasteiger partial charge is 0.364 e. The van der Waals surface area contributed by atoms with Crippen molar-refractivity contribution in [2.24, 2.45) is 5.73 Å². The topological polar surface area (TPSA) is 90.0 Å². The summed E-state index contributed by atoms with van der Waals surface area (Å²) in [6.45, 7) is 0. The van der Waals surface area contributed by atoms with E-state index in [2.05, 4.69) is 10.5 Å². The molecule has 6 nitrogen and oxygen atoms in total. The summed E-state index contributed by atoms with van der Waals surface area (Å²) >= 11 is 5.87. The number of hydrogen-bond donors (Lipinski definition) is 2. The molecular formula is C19H13ClF2N4O2. The van der Waals surface area contributed by atoms with Gasteiger partial charge in [-0.2, -0.15) is 4.79 Å². The van der Waals surface area contributed by atoms with Crippen LogP contribution in [-0.2, 0) is 12.8 Å². The Balaban J connectivity index is 1.81. The molecule has 1 aliphatic carbocycles. The third kappa shape index (κ3) is 2.91. The van der Waals surface area contributed by atoms with E-state index < -0.39 is 23.4 Å². The van der Waals surface area contributed by atoms with Gasteiger partial charge in [0.15, 0.2) is 17.3 Å². The van der Waals surface area contributed by atoms with Gasteiger partial charge in [0.25, 0.3) is 11.8 Å². The van der Waals surface area contributed by atoms with Gasteiger partial charge in [-0.05, 0) is 30.5 Å². The molecule has 0 saturated heterocycles. The maximum atomic E-state index is 13.5. The van der Waals surface area contributed by atoms with E-state index in [0.717, 1.165) is 15.9 Å². The predicted octanol–water partition coefficient (Wildman–Crippen LogP) is 3.06. The number of carbonyl (C=O) groups is 2. The van der Waals surface area contributed by atoms with Gasteiger partial charge < -0.3 is 5.73 Å². The van der Waals surface area contributed by atoms with E-state index in [4.69, 9.17) is 17.3 Å². The summed E-state index contributed by atoms with van der Waals surface area (Å²) in [5, 5.41) is 3.87. The van der Waals surface area contributed by atoms with Crippen LogP contribution in [0.25, 0.3) is 11.3 Å². The van der Waals surface area contributed by atoms with Crippen molar-refractivity contribution in [3.8, 4) is 11.3 Å². The molecule has 0 unspecified atom stereocenters. The lowest BCUT2D eigenvalue weighted by molar-refractivity contribution is 0.0983. The quantitative estimate of drug-likeness (QED) is 0.660. The van der Waals surface area contributed by atoms with Crippen molar-refractivity contribution >= 4 is 23.4 Å². The second kappa shape index (κ2) is 6.72. The summed E-state index contributed by atoms with van der Waals surface area (Å²) in [6, 6.07) is 8.91. The monoisotopic (exact) mass is 402 g/mol. The molecular weight excluding hydrogens is 390 g/mol. The molecule has 0 atom stereocenters. The standard InChI is InChI=1S/C19H13ClF2N4O2/c20-13-8-15(22)14(21)7-12(13)19(28)25-26-17-10-4-2-1-3-9(10)5-6-11(17)16(24-26)18(23)27/h1-4,7-8H,5-6H2,(H2,23,27)(H,25,28). The van der Waals surface area contributed by atoms with Gasteiger partial charge in [-0.3, -0.25) is 9.59 Å². The molecule has 2 amide bonds. The molecule has 9 heteroatoms. The fourth-order valence-corrected chi connectivity index (χ4v) is 3.56. The van der Waals surface area contributed by atoms with Crippen LogP contribution in [0.1, 0.15) is 32.0 Å². The molecule has 4 rings (SSSR count). The zero-order valence-corrected chi connectivity index (χ0v) is 15.1. The number of primary amides is 1. The van der Waals surface area contributed by atoms with Crippen molar-refractivity contribution < 1.29 is 18.4 Å². The third-order valence-corrected chi connectivity index (χ3v) is 4.91. The second-order valence-corrected chi connectivity index (χ2v) is 6.70. The van der Waals surface area contributed by atoms with Gasteiger partial charge in [0.2, 0.25) is 0 Å². The molecule has 1 aromatic heterocycles. The molecule has 1 heterocycles. The summed E-state index contributed by atoms with van der Waals surface area (Å²) in [7, 11) is 0. The highest BCUT2D eigenvalue weighted by Crippen LogP contribution is 2.35. The Kier molecular flexibility index (Phi) is 4.35. The molecule has 142 valence electrons. The molecule has 2 aromatic carbocycles. The first-order chi connectivity index (χ1) is 13.4. The van der Waals surface area contributed by atoms with Crippen LogP contribution < -0.4 is 11.2 Å². The van der Waals surface area contributed by atoms with Gasteiger partial charge in [-0.1, -0.05) is 35.9 Å². The molecule has 0 radical (unpaired) electrons. The Hall–Kier alpha value is -3.26. The maximum absolute atomic E-state index is 13.5. The number of carbonyl (C=O) groups excluding carboxylic acids is 2. The average molecular weight is 403 g/mol. The number of aryl methyl sites for hydroxylation is 1. The number of amides is 2. The van der Waals surface area contributed by atoms with E-state index in [9.17, 15) is 18.4 Å². The Morgan fingerprint density at radius 1 is 1.14 bits per heavy atom. The van der Waals surface area contributed by atoms with E-state index >= 15 is 0 Å². The fraction of sp³-hybridized carbons (Fsp3) is 0.105. The van der Waals surface area contributed by atoms with Crippen molar-refractivity contribution in [1.29, 1.82) is 0 Å². The first-order valence-electron chi connectivity index (χ1n) is 8.32. The highest BCUT2D eigenvalue weighted by molar-refractivity contribution is 6.34. The molecule has 1 aliphatic rings. The SMILES string of the molecule is NC(=O)c1nn(NC(=O)c2cc(F)c(F)cc2Cl)c2c1CCc1ccccc1-2. The van der Waals surface area contributed by atoms with Crippen LogP contribution in [0.4, 0.5) is 8.78 Å². The minimum atomic E-state index is -1.21. The van der Waals surface area contributed by atoms with Crippen LogP contribution in [0.5, 0.6) is 0 Å². The number of rotatable bonds is 3. The lowest BCUT2D eigenvalue weighted by Gasteiger charge is -2.18. The van der Waals surface area contributed by atoms with Gasteiger partial charge in [0.05, 0.1) is 16.3 Å². The molecule has 0 aliphatic heterocycles. The van der Waals surface area contributed by atoms with Gasteiger partial charge in [0, 0.05) is 11.1 Å². The van der Waals surface area contributed by atoms with E-state index in [1.807, 2.05) is 24.3 Å². The van der Waals surface area contributed by atoms with Crippen LogP contribution >= 0.6 is 11.6 Å². The first-order valence-corrected chi connectivity index (χ1v) is 8.70. The van der Waals surface area contributed by atoms with Gasteiger partial charge in [-0.25, -0.2) is 14.2 Å². The van der Waals surface area contributed by atoms with E-state index in [0.29, 0.717) is 36.2 Å². The summed E-state index contributed by atoms with van der Waals surface area (Å²) < 4.78 is 26.8. The normalized spacial score (nSPS) is 12.2. The van der Waals surface area contributed by atoms with Crippen molar-refractivity contribution in [2.75, 3.05) is 5.43 Å². The minimum absolute atomic E-state index is 0.0428. The number of hydrogen-bond acceptors (Lipinski definition) is 3. The summed E-state index contributed by atoms with van der Waals surface area (Å²) in [5.74, 6) is -3.91. The van der Waals surface area contributed by atoms with Crippen LogP contribution in [0.15, 0.2) is 36.4 Å². The molecule has 0 fully saturated rings. The summed E-state index contributed by atoms with van der Waals surface area (Å²) in [5.41, 5.74) is 10.6. The molecule has 0 bridgehead atoms. The molecule has 0 saturated carbocycles. The van der Waals surface area contributed by atoms with E-state index in [1.54, 1.807) is 0 Å². The second-order valence-electron chi connectivity index (χ2n) is 6.30. The zero-order chi connectivity index (χ0) is 20.0. The van der Waals surface area contributed by atoms with Gasteiger partial charge in [0.1, 0.15) is 0 Å². The van der Waals surface area contributed by atoms with Crippen molar-refractivity contribution in [3.63, 3.8) is 0 Å². The average Bonchev–Trinajstić information content (AvgIpc) is 3.03. The number of nitrogens with one attached hydrogen (secondary N) is 1. The highest BCUT2D eigenvalue weighted by Gasteiger charge is 2.28. The highest BCUT2D eigenvalue weighted by atomic mass is 35.5. The van der Waals surface area contributed by atoms with Gasteiger partial charge >= 0.3 is 0 Å². The molecule has 3 aromatic rings. The van der Waals surface area contributed by atoms with Crippen LogP contribution in [0.3, 0.4) is 0 Å². The predicted molar refractivity (Wildman–Crippen MR) is 98.6 cm³/mol. The number of fused-ring (bicyclic) bond motifs is 3. The molecule has 0 spiro atoms. The smallest absolute Gasteiger partial charge is 0.273 e. The molecule has 3 N–H and O–H groups in total.